The number of aliphatic hydroxyl groups is 1. The highest BCUT2D eigenvalue weighted by Gasteiger charge is 2.41. The Labute approximate surface area is 221 Å². The van der Waals surface area contributed by atoms with E-state index in [9.17, 15) is 37.5 Å². The number of hydrogen-bond donors (Lipinski definition) is 4. The van der Waals surface area contributed by atoms with Crippen LogP contribution in [0.1, 0.15) is 48.2 Å². The Bertz CT molecular complexity index is 1310. The molecule has 1 heterocycles. The van der Waals surface area contributed by atoms with Gasteiger partial charge in [0.05, 0.1) is 29.4 Å². The summed E-state index contributed by atoms with van der Waals surface area (Å²) in [7, 11) is 0. The number of carbonyl (C=O) groups excluding carboxylic acids is 2. The van der Waals surface area contributed by atoms with Crippen molar-refractivity contribution in [1.29, 1.82) is 0 Å². The van der Waals surface area contributed by atoms with Gasteiger partial charge >= 0.3 is 0 Å². The molecule has 1 aromatic heterocycles. The molecule has 0 aliphatic heterocycles. The van der Waals surface area contributed by atoms with E-state index in [1.165, 1.54) is 11.7 Å². The number of para-hydroxylation sites is 2. The highest BCUT2D eigenvalue weighted by atomic mass is 19.3. The van der Waals surface area contributed by atoms with Gasteiger partial charge in [-0.25, -0.2) is 28.0 Å². The van der Waals surface area contributed by atoms with Crippen molar-refractivity contribution in [1.82, 2.24) is 20.8 Å². The second-order valence-electron chi connectivity index (χ2n) is 9.88. The Morgan fingerprint density at radius 1 is 1.05 bits per heavy atom. The summed E-state index contributed by atoms with van der Waals surface area (Å²) in [6, 6.07) is 8.46. The number of halogens is 4. The molecule has 0 spiro atoms. The quantitative estimate of drug-likeness (QED) is 0.182. The van der Waals surface area contributed by atoms with Crippen LogP contribution in [0.4, 0.5) is 17.6 Å². The fourth-order valence-electron chi connectivity index (χ4n) is 5.06. The molecular weight excluding hydrogens is 520 g/mol. The summed E-state index contributed by atoms with van der Waals surface area (Å²) in [6.07, 6.45) is -1.63. The van der Waals surface area contributed by atoms with Gasteiger partial charge in [0.15, 0.2) is 0 Å². The maximum Gasteiger partial charge on any atom is 0.271 e. The van der Waals surface area contributed by atoms with Crippen LogP contribution in [-0.2, 0) is 11.2 Å². The number of aliphatic hydroxyl groups excluding tert-OH is 1. The van der Waals surface area contributed by atoms with Gasteiger partial charge in [0.25, 0.3) is 5.91 Å². The van der Waals surface area contributed by atoms with Gasteiger partial charge in [-0.05, 0) is 61.4 Å². The largest absolute Gasteiger partial charge is 0.391 e. The lowest BCUT2D eigenvalue weighted by molar-refractivity contribution is -0.139. The molecule has 3 atom stereocenters. The summed E-state index contributed by atoms with van der Waals surface area (Å²) in [4.78, 5) is 34.0. The van der Waals surface area contributed by atoms with Gasteiger partial charge in [0.2, 0.25) is 11.8 Å². The Morgan fingerprint density at radius 3 is 2.33 bits per heavy atom. The maximum atomic E-state index is 13.9. The molecule has 3 unspecified atom stereocenters. The van der Waals surface area contributed by atoms with Crippen molar-refractivity contribution >= 4 is 22.8 Å². The zero-order chi connectivity index (χ0) is 28.2. The first-order valence-electron chi connectivity index (χ1n) is 12.5. The Hall–Kier alpha value is -3.64. The van der Waals surface area contributed by atoms with Gasteiger partial charge < -0.3 is 10.4 Å². The smallest absolute Gasteiger partial charge is 0.271 e. The predicted molar refractivity (Wildman–Crippen MR) is 132 cm³/mol. The summed E-state index contributed by atoms with van der Waals surface area (Å²) >= 11 is 0. The number of benzene rings is 2. The van der Waals surface area contributed by atoms with E-state index in [2.05, 4.69) is 15.3 Å². The zero-order valence-electron chi connectivity index (χ0n) is 20.8. The van der Waals surface area contributed by atoms with Gasteiger partial charge in [-0.2, -0.15) is 0 Å². The van der Waals surface area contributed by atoms with Crippen LogP contribution >= 0.6 is 0 Å². The van der Waals surface area contributed by atoms with E-state index in [1.54, 1.807) is 24.3 Å². The van der Waals surface area contributed by atoms with Crippen LogP contribution < -0.4 is 10.8 Å². The van der Waals surface area contributed by atoms with Gasteiger partial charge in [-0.1, -0.05) is 12.1 Å². The fourth-order valence-corrected chi connectivity index (χ4v) is 5.06. The third-order valence-corrected chi connectivity index (χ3v) is 7.11. The number of nitrogens with one attached hydrogen (secondary N) is 2. The highest BCUT2D eigenvalue weighted by Crippen LogP contribution is 2.40. The van der Waals surface area contributed by atoms with Crippen LogP contribution in [0.3, 0.4) is 0 Å². The SMILES string of the molecule is O=C(NC(Cc1cc(F)cc(F)c1)C(O)CC(C(=O)NO)C1CCC(F)(F)CC1)c1cnc2ccccc2n1. The summed E-state index contributed by atoms with van der Waals surface area (Å²) in [6.45, 7) is 0. The molecule has 0 saturated heterocycles. The number of rotatable bonds is 9. The first-order valence-corrected chi connectivity index (χ1v) is 12.5. The summed E-state index contributed by atoms with van der Waals surface area (Å²) < 4.78 is 55.2. The Kier molecular flexibility index (Phi) is 8.76. The van der Waals surface area contributed by atoms with Crippen molar-refractivity contribution in [3.63, 3.8) is 0 Å². The van der Waals surface area contributed by atoms with Crippen LogP contribution in [0.5, 0.6) is 0 Å². The number of aromatic nitrogens is 2. The predicted octanol–water partition coefficient (Wildman–Crippen LogP) is 3.95. The van der Waals surface area contributed by atoms with Crippen molar-refractivity contribution in [3.05, 3.63) is 71.6 Å². The third kappa shape index (κ3) is 7.27. The van der Waals surface area contributed by atoms with Gasteiger partial charge in [-0.3, -0.25) is 19.8 Å². The molecule has 4 N–H and O–H groups in total. The molecular formula is C27H28F4N4O4. The number of nitrogens with zero attached hydrogens (tertiary/aromatic N) is 2. The van der Waals surface area contributed by atoms with Gasteiger partial charge in [-0.15, -0.1) is 0 Å². The van der Waals surface area contributed by atoms with E-state index in [-0.39, 0.29) is 36.9 Å². The molecule has 12 heteroatoms. The van der Waals surface area contributed by atoms with Crippen molar-refractivity contribution < 1.29 is 37.5 Å². The summed E-state index contributed by atoms with van der Waals surface area (Å²) in [5.74, 6) is -7.75. The third-order valence-electron chi connectivity index (χ3n) is 7.11. The van der Waals surface area contributed by atoms with E-state index in [0.717, 1.165) is 12.1 Å². The molecule has 8 nitrogen and oxygen atoms in total. The molecule has 4 rings (SSSR count). The first kappa shape index (κ1) is 28.4. The number of hydroxylamine groups is 1. The topological polar surface area (TPSA) is 124 Å². The number of amides is 2. The summed E-state index contributed by atoms with van der Waals surface area (Å²) in [5.41, 5.74) is 2.59. The van der Waals surface area contributed by atoms with Gasteiger partial charge in [0.1, 0.15) is 17.3 Å². The molecule has 1 fully saturated rings. The van der Waals surface area contributed by atoms with Gasteiger partial charge in [0, 0.05) is 24.8 Å². The molecule has 2 aromatic carbocycles. The number of alkyl halides is 2. The van der Waals surface area contributed by atoms with Crippen LogP contribution in [0.2, 0.25) is 0 Å². The number of hydrogen-bond acceptors (Lipinski definition) is 6. The minimum atomic E-state index is -2.85. The molecule has 39 heavy (non-hydrogen) atoms. The van der Waals surface area contributed by atoms with Crippen LogP contribution in [0.15, 0.2) is 48.7 Å². The lowest BCUT2D eigenvalue weighted by atomic mass is 9.75. The average molecular weight is 549 g/mol. The zero-order valence-corrected chi connectivity index (χ0v) is 20.8. The monoisotopic (exact) mass is 548 g/mol. The van der Waals surface area contributed by atoms with E-state index in [1.807, 2.05) is 0 Å². The minimum Gasteiger partial charge on any atom is -0.391 e. The standard InChI is InChI=1S/C27H28F4N4O4/c28-17-9-15(10-18(29)12-17)11-22(34-26(38)23-14-32-20-3-1-2-4-21(20)33-23)24(36)13-19(25(37)35-39)16-5-7-27(30,31)8-6-16/h1-4,9-10,12,14,16,19,22,24,36,39H,5-8,11,13H2,(H,34,38)(H,35,37). The normalized spacial score (nSPS) is 17.8. The van der Waals surface area contributed by atoms with E-state index in [4.69, 9.17) is 0 Å². The molecule has 2 amide bonds. The van der Waals surface area contributed by atoms with Crippen molar-refractivity contribution in [2.45, 2.75) is 56.6 Å². The minimum absolute atomic E-state index is 0.00335. The molecule has 0 bridgehead atoms. The highest BCUT2D eigenvalue weighted by molar-refractivity contribution is 5.94. The van der Waals surface area contributed by atoms with Crippen molar-refractivity contribution in [2.75, 3.05) is 0 Å². The molecule has 208 valence electrons. The molecule has 1 saturated carbocycles. The Balaban J connectivity index is 1.58. The Morgan fingerprint density at radius 2 is 1.69 bits per heavy atom. The lowest BCUT2D eigenvalue weighted by Gasteiger charge is -2.35. The van der Waals surface area contributed by atoms with E-state index < -0.39 is 66.2 Å². The van der Waals surface area contributed by atoms with Crippen LogP contribution in [0, 0.1) is 23.5 Å². The average Bonchev–Trinajstić information content (AvgIpc) is 2.90. The summed E-state index contributed by atoms with van der Waals surface area (Å²) in [5, 5.41) is 23.1. The lowest BCUT2D eigenvalue weighted by Crippen LogP contribution is -2.48. The van der Waals surface area contributed by atoms with E-state index >= 15 is 0 Å². The molecule has 1 aliphatic carbocycles. The number of carbonyl (C=O) groups is 2. The van der Waals surface area contributed by atoms with E-state index in [0.29, 0.717) is 17.1 Å². The second-order valence-corrected chi connectivity index (χ2v) is 9.88. The molecule has 3 aromatic rings. The van der Waals surface area contributed by atoms with Crippen molar-refractivity contribution in [3.8, 4) is 0 Å². The fraction of sp³-hybridized carbons (Fsp3) is 0.407. The molecule has 0 radical (unpaired) electrons. The maximum absolute atomic E-state index is 13.9. The first-order chi connectivity index (χ1) is 18.5. The van der Waals surface area contributed by atoms with Crippen LogP contribution in [0.25, 0.3) is 11.0 Å². The second kappa shape index (κ2) is 12.0. The number of fused-ring (bicyclic) bond motifs is 1. The van der Waals surface area contributed by atoms with Crippen molar-refractivity contribution in [2.24, 2.45) is 11.8 Å². The molecule has 1 aliphatic rings. The van der Waals surface area contributed by atoms with Crippen LogP contribution in [-0.4, -0.2) is 50.2 Å².